The second-order valence-corrected chi connectivity index (χ2v) is 7.83. The first-order valence-electron chi connectivity index (χ1n) is 10.9. The van der Waals surface area contributed by atoms with Gasteiger partial charge < -0.3 is 14.7 Å². The number of hydrogen-bond donors (Lipinski definition) is 3. The van der Waals surface area contributed by atoms with Crippen LogP contribution in [0.5, 0.6) is 5.75 Å². The SMILES string of the molecule is CCN(CC)c1ccc2c(c1)OC1=C(CNN)CCCC1=C2c1ccccc1C(=O)O. The van der Waals surface area contributed by atoms with Gasteiger partial charge in [-0.2, -0.15) is 0 Å². The number of nitrogens with zero attached hydrogens (tertiary/aromatic N) is 1. The summed E-state index contributed by atoms with van der Waals surface area (Å²) in [7, 11) is 0. The highest BCUT2D eigenvalue weighted by molar-refractivity contribution is 6.00. The third-order valence-electron chi connectivity index (χ3n) is 6.12. The molecule has 0 saturated carbocycles. The van der Waals surface area contributed by atoms with Crippen LogP contribution < -0.4 is 20.9 Å². The van der Waals surface area contributed by atoms with Crippen molar-refractivity contribution >= 4 is 17.2 Å². The van der Waals surface area contributed by atoms with Gasteiger partial charge in [0.25, 0.3) is 0 Å². The summed E-state index contributed by atoms with van der Waals surface area (Å²) in [6.07, 6.45) is 2.72. The van der Waals surface area contributed by atoms with Crippen molar-refractivity contribution in [2.24, 2.45) is 5.84 Å². The molecule has 1 heterocycles. The molecule has 31 heavy (non-hydrogen) atoms. The minimum absolute atomic E-state index is 0.300. The van der Waals surface area contributed by atoms with Gasteiger partial charge in [-0.1, -0.05) is 18.2 Å². The normalized spacial score (nSPS) is 15.3. The molecule has 162 valence electrons. The van der Waals surface area contributed by atoms with Crippen molar-refractivity contribution in [2.75, 3.05) is 24.5 Å². The van der Waals surface area contributed by atoms with Gasteiger partial charge in [0, 0.05) is 48.1 Å². The lowest BCUT2D eigenvalue weighted by molar-refractivity contribution is 0.0696. The summed E-state index contributed by atoms with van der Waals surface area (Å²) in [6, 6.07) is 13.4. The highest BCUT2D eigenvalue weighted by atomic mass is 16.5. The Kier molecular flexibility index (Phi) is 6.11. The predicted octanol–water partition coefficient (Wildman–Crippen LogP) is 4.33. The molecule has 0 radical (unpaired) electrons. The Balaban J connectivity index is 1.99. The van der Waals surface area contributed by atoms with Gasteiger partial charge in [-0.05, 0) is 62.4 Å². The van der Waals surface area contributed by atoms with E-state index in [9.17, 15) is 9.90 Å². The molecule has 0 saturated heterocycles. The Morgan fingerprint density at radius 3 is 2.61 bits per heavy atom. The standard InChI is InChI=1S/C25H29N3O3/c1-3-28(4-2)17-12-13-20-22(14-17)31-24-16(15-27-26)8-7-11-21(24)23(20)18-9-5-6-10-19(18)25(29)30/h5-6,9-10,12-14,27H,3-4,7-8,11,15,26H2,1-2H3,(H,29,30). The maximum atomic E-state index is 12.0. The average molecular weight is 420 g/mol. The lowest BCUT2D eigenvalue weighted by Gasteiger charge is -2.33. The molecule has 1 aliphatic carbocycles. The Bertz CT molecular complexity index is 1070. The molecule has 2 aromatic carbocycles. The maximum absolute atomic E-state index is 12.0. The summed E-state index contributed by atoms with van der Waals surface area (Å²) in [6.45, 7) is 6.60. The first kappa shape index (κ1) is 21.2. The summed E-state index contributed by atoms with van der Waals surface area (Å²) < 4.78 is 6.49. The van der Waals surface area contributed by atoms with Crippen molar-refractivity contribution in [2.45, 2.75) is 33.1 Å². The van der Waals surface area contributed by atoms with Crippen LogP contribution in [0.1, 0.15) is 54.6 Å². The van der Waals surface area contributed by atoms with Gasteiger partial charge in [0.15, 0.2) is 0 Å². The Hall–Kier alpha value is -3.09. The zero-order valence-electron chi connectivity index (χ0n) is 18.1. The second kappa shape index (κ2) is 8.96. The van der Waals surface area contributed by atoms with E-state index in [1.54, 1.807) is 12.1 Å². The van der Waals surface area contributed by atoms with Gasteiger partial charge in [0.2, 0.25) is 0 Å². The molecule has 0 unspecified atom stereocenters. The van der Waals surface area contributed by atoms with Crippen molar-refractivity contribution in [3.63, 3.8) is 0 Å². The maximum Gasteiger partial charge on any atom is 0.336 e. The van der Waals surface area contributed by atoms with E-state index >= 15 is 0 Å². The Morgan fingerprint density at radius 2 is 1.90 bits per heavy atom. The summed E-state index contributed by atoms with van der Waals surface area (Å²) >= 11 is 0. The number of hydrogen-bond acceptors (Lipinski definition) is 5. The summed E-state index contributed by atoms with van der Waals surface area (Å²) in [4.78, 5) is 14.3. The molecule has 6 nitrogen and oxygen atoms in total. The lowest BCUT2D eigenvalue weighted by atomic mass is 9.81. The number of allylic oxidation sites excluding steroid dienone is 1. The first-order valence-corrected chi connectivity index (χ1v) is 10.9. The number of nitrogens with two attached hydrogens (primary N) is 1. The molecule has 0 fully saturated rings. The minimum Gasteiger partial charge on any atom is -0.478 e. The van der Waals surface area contributed by atoms with Gasteiger partial charge in [-0.3, -0.25) is 11.3 Å². The highest BCUT2D eigenvalue weighted by Crippen LogP contribution is 2.47. The van der Waals surface area contributed by atoms with E-state index in [2.05, 4.69) is 42.4 Å². The van der Waals surface area contributed by atoms with Crippen molar-refractivity contribution < 1.29 is 14.6 Å². The van der Waals surface area contributed by atoms with Crippen LogP contribution in [-0.4, -0.2) is 30.7 Å². The Labute approximate surface area is 183 Å². The third-order valence-corrected chi connectivity index (χ3v) is 6.12. The van der Waals surface area contributed by atoms with E-state index < -0.39 is 5.97 Å². The van der Waals surface area contributed by atoms with E-state index in [0.29, 0.717) is 12.1 Å². The van der Waals surface area contributed by atoms with E-state index in [-0.39, 0.29) is 0 Å². The van der Waals surface area contributed by atoms with Crippen molar-refractivity contribution in [3.05, 3.63) is 76.1 Å². The number of anilines is 1. The van der Waals surface area contributed by atoms with Crippen LogP contribution in [0.3, 0.4) is 0 Å². The van der Waals surface area contributed by atoms with Gasteiger partial charge in [-0.25, -0.2) is 4.79 Å². The molecule has 1 aliphatic heterocycles. The van der Waals surface area contributed by atoms with Gasteiger partial charge >= 0.3 is 5.97 Å². The number of carboxylic acids is 1. The van der Waals surface area contributed by atoms with E-state index in [4.69, 9.17) is 10.6 Å². The fourth-order valence-corrected chi connectivity index (χ4v) is 4.64. The molecule has 2 aromatic rings. The van der Waals surface area contributed by atoms with Crippen molar-refractivity contribution in [1.82, 2.24) is 5.43 Å². The van der Waals surface area contributed by atoms with Gasteiger partial charge in [-0.15, -0.1) is 0 Å². The van der Waals surface area contributed by atoms with E-state index in [0.717, 1.165) is 77.4 Å². The fraction of sp³-hybridized carbons (Fsp3) is 0.320. The minimum atomic E-state index is -0.929. The molecule has 2 aliphatic rings. The van der Waals surface area contributed by atoms with Crippen LogP contribution in [0.2, 0.25) is 0 Å². The molecule has 0 bridgehead atoms. The number of fused-ring (bicyclic) bond motifs is 2. The topological polar surface area (TPSA) is 87.8 Å². The summed E-state index contributed by atoms with van der Waals surface area (Å²) in [5.74, 6) is 6.31. The van der Waals surface area contributed by atoms with E-state index in [1.807, 2.05) is 12.1 Å². The van der Waals surface area contributed by atoms with Crippen LogP contribution >= 0.6 is 0 Å². The number of aromatic carboxylic acids is 1. The number of benzene rings is 2. The molecule has 6 heteroatoms. The van der Waals surface area contributed by atoms with E-state index in [1.165, 1.54) is 0 Å². The average Bonchev–Trinajstić information content (AvgIpc) is 2.79. The quantitative estimate of drug-likeness (QED) is 0.457. The van der Waals surface area contributed by atoms with Crippen molar-refractivity contribution in [1.29, 1.82) is 0 Å². The fourth-order valence-electron chi connectivity index (χ4n) is 4.64. The molecular formula is C25H29N3O3. The Morgan fingerprint density at radius 1 is 1.13 bits per heavy atom. The first-order chi connectivity index (χ1) is 15.1. The van der Waals surface area contributed by atoms with Crippen molar-refractivity contribution in [3.8, 4) is 5.75 Å². The van der Waals surface area contributed by atoms with Crippen LogP contribution in [0.25, 0.3) is 5.57 Å². The molecule has 4 N–H and O–H groups in total. The van der Waals surface area contributed by atoms with Gasteiger partial charge in [0.1, 0.15) is 11.5 Å². The molecular weight excluding hydrogens is 390 g/mol. The number of carboxylic acid groups (broad SMARTS) is 1. The van der Waals surface area contributed by atoms with Crippen LogP contribution in [0.4, 0.5) is 5.69 Å². The smallest absolute Gasteiger partial charge is 0.336 e. The zero-order chi connectivity index (χ0) is 22.0. The number of hydrazine groups is 1. The lowest BCUT2D eigenvalue weighted by Crippen LogP contribution is -2.28. The summed E-state index contributed by atoms with van der Waals surface area (Å²) in [5.41, 5.74) is 8.95. The number of nitrogens with one attached hydrogen (secondary N) is 1. The highest BCUT2D eigenvalue weighted by Gasteiger charge is 2.32. The molecule has 0 spiro atoms. The molecule has 0 aromatic heterocycles. The molecule has 0 atom stereocenters. The van der Waals surface area contributed by atoms with Crippen LogP contribution in [0.15, 0.2) is 59.4 Å². The second-order valence-electron chi connectivity index (χ2n) is 7.83. The monoisotopic (exact) mass is 419 g/mol. The number of rotatable bonds is 7. The molecule has 4 rings (SSSR count). The largest absolute Gasteiger partial charge is 0.478 e. The summed E-state index contributed by atoms with van der Waals surface area (Å²) in [5, 5.41) is 9.86. The van der Waals surface area contributed by atoms with Crippen LogP contribution in [-0.2, 0) is 0 Å². The predicted molar refractivity (Wildman–Crippen MR) is 123 cm³/mol. The zero-order valence-corrected chi connectivity index (χ0v) is 18.1. The third kappa shape index (κ3) is 3.84. The molecule has 0 amide bonds. The number of ether oxygens (including phenoxy) is 1. The van der Waals surface area contributed by atoms with Gasteiger partial charge in [0.05, 0.1) is 5.56 Å². The number of carbonyl (C=O) groups is 1. The van der Waals surface area contributed by atoms with Crippen LogP contribution in [0, 0.1) is 0 Å².